The Labute approximate surface area is 167 Å². The van der Waals surface area contributed by atoms with E-state index in [1.165, 1.54) is 19.4 Å². The third kappa shape index (κ3) is 2.93. The molecular formula is C23H32O5. The average molecular weight is 389 g/mol. The number of fused-ring (bicyclic) bond motifs is 5. The number of hydrogen-bond acceptors (Lipinski definition) is 5. The number of rotatable bonds is 2. The molecule has 28 heavy (non-hydrogen) atoms. The van der Waals surface area contributed by atoms with Crippen LogP contribution in [-0.2, 0) is 23.9 Å². The third-order valence-corrected chi connectivity index (χ3v) is 8.45. The molecule has 0 aromatic heterocycles. The molecule has 0 N–H and O–H groups in total. The SMILES string of the molecule is CC(=O)OC1CC[C@@]2(C)C(=CC(=O)[C@@H]3[C@@H]2CC[C@]2(C)C(OC(C)=O)CC[C@@H]32)C1. The standard InChI is InChI=1S/C23H32O5/c1-13(24)27-16-7-9-22(3)15(11-16)12-19(26)21-17-5-6-20(28-14(2)25)23(17,4)10-8-18(21)22/h12,16-18,20-21H,5-11H2,1-4H3/t16?,17-,18-,20?,21-,22-,23-/m0/s1. The van der Waals surface area contributed by atoms with Gasteiger partial charge in [0.05, 0.1) is 0 Å². The smallest absolute Gasteiger partial charge is 0.302 e. The Balaban J connectivity index is 1.62. The van der Waals surface area contributed by atoms with Gasteiger partial charge in [0, 0.05) is 31.6 Å². The van der Waals surface area contributed by atoms with E-state index in [1.54, 1.807) is 0 Å². The van der Waals surface area contributed by atoms with E-state index in [2.05, 4.69) is 13.8 Å². The van der Waals surface area contributed by atoms with Crippen molar-refractivity contribution < 1.29 is 23.9 Å². The van der Waals surface area contributed by atoms with Gasteiger partial charge in [-0.25, -0.2) is 0 Å². The Morgan fingerprint density at radius 3 is 2.36 bits per heavy atom. The van der Waals surface area contributed by atoms with Gasteiger partial charge in [-0.15, -0.1) is 0 Å². The van der Waals surface area contributed by atoms with Crippen molar-refractivity contribution in [1.29, 1.82) is 0 Å². The summed E-state index contributed by atoms with van der Waals surface area (Å²) in [4.78, 5) is 36.2. The second-order valence-electron chi connectivity index (χ2n) is 9.92. The second kappa shape index (κ2) is 6.70. The zero-order valence-electron chi connectivity index (χ0n) is 17.5. The van der Waals surface area contributed by atoms with Crippen molar-refractivity contribution in [3.8, 4) is 0 Å². The highest BCUT2D eigenvalue weighted by Gasteiger charge is 2.61. The maximum Gasteiger partial charge on any atom is 0.302 e. The number of carbonyl (C=O) groups excluding carboxylic acids is 3. The number of ether oxygens (including phenoxy) is 2. The fourth-order valence-corrected chi connectivity index (χ4v) is 7.05. The van der Waals surface area contributed by atoms with E-state index in [-0.39, 0.29) is 52.6 Å². The molecule has 0 radical (unpaired) electrons. The number of hydrogen-bond donors (Lipinski definition) is 0. The summed E-state index contributed by atoms with van der Waals surface area (Å²) in [6.45, 7) is 7.46. The van der Waals surface area contributed by atoms with Gasteiger partial charge in [0.15, 0.2) is 5.78 Å². The van der Waals surface area contributed by atoms with Crippen LogP contribution in [0.1, 0.15) is 72.6 Å². The third-order valence-electron chi connectivity index (χ3n) is 8.45. The molecule has 0 spiro atoms. The molecule has 0 bridgehead atoms. The summed E-state index contributed by atoms with van der Waals surface area (Å²) in [7, 11) is 0. The predicted molar refractivity (Wildman–Crippen MR) is 103 cm³/mol. The number of allylic oxidation sites excluding steroid dienone is 1. The first kappa shape index (κ1) is 19.7. The minimum Gasteiger partial charge on any atom is -0.462 e. The van der Waals surface area contributed by atoms with E-state index in [9.17, 15) is 14.4 Å². The van der Waals surface area contributed by atoms with Crippen molar-refractivity contribution in [1.82, 2.24) is 0 Å². The Bertz CT molecular complexity index is 739. The summed E-state index contributed by atoms with van der Waals surface area (Å²) >= 11 is 0. The lowest BCUT2D eigenvalue weighted by Crippen LogP contribution is -2.54. The lowest BCUT2D eigenvalue weighted by molar-refractivity contribution is -0.158. The average Bonchev–Trinajstić information content (AvgIpc) is 2.92. The van der Waals surface area contributed by atoms with Gasteiger partial charge in [-0.05, 0) is 61.9 Å². The molecule has 4 aliphatic rings. The Morgan fingerprint density at radius 1 is 0.964 bits per heavy atom. The van der Waals surface area contributed by atoms with Crippen LogP contribution in [0.5, 0.6) is 0 Å². The van der Waals surface area contributed by atoms with Crippen molar-refractivity contribution in [2.45, 2.75) is 84.8 Å². The summed E-state index contributed by atoms with van der Waals surface area (Å²) in [5, 5.41) is 0. The first-order valence-electron chi connectivity index (χ1n) is 10.7. The maximum atomic E-state index is 13.3. The van der Waals surface area contributed by atoms with Gasteiger partial charge in [-0.3, -0.25) is 14.4 Å². The van der Waals surface area contributed by atoms with E-state index in [4.69, 9.17) is 9.47 Å². The van der Waals surface area contributed by atoms with Crippen LogP contribution in [0, 0.1) is 28.6 Å². The van der Waals surface area contributed by atoms with Gasteiger partial charge >= 0.3 is 11.9 Å². The summed E-state index contributed by atoms with van der Waals surface area (Å²) in [6.07, 6.45) is 8.02. The van der Waals surface area contributed by atoms with Crippen LogP contribution < -0.4 is 0 Å². The van der Waals surface area contributed by atoms with E-state index in [0.717, 1.165) is 38.5 Å². The molecule has 0 aliphatic heterocycles. The summed E-state index contributed by atoms with van der Waals surface area (Å²) in [5.41, 5.74) is 1.09. The Morgan fingerprint density at radius 2 is 1.68 bits per heavy atom. The topological polar surface area (TPSA) is 69.7 Å². The van der Waals surface area contributed by atoms with Crippen molar-refractivity contribution in [2.24, 2.45) is 28.6 Å². The number of carbonyl (C=O) groups is 3. The van der Waals surface area contributed by atoms with Crippen molar-refractivity contribution in [2.75, 3.05) is 0 Å². The number of esters is 2. The first-order valence-corrected chi connectivity index (χ1v) is 10.7. The first-order chi connectivity index (χ1) is 13.1. The van der Waals surface area contributed by atoms with Crippen LogP contribution >= 0.6 is 0 Å². The second-order valence-corrected chi connectivity index (χ2v) is 9.92. The van der Waals surface area contributed by atoms with Gasteiger partial charge in [-0.2, -0.15) is 0 Å². The fraction of sp³-hybridized carbons (Fsp3) is 0.783. The van der Waals surface area contributed by atoms with Gasteiger partial charge < -0.3 is 9.47 Å². The zero-order valence-corrected chi connectivity index (χ0v) is 17.5. The van der Waals surface area contributed by atoms with Crippen LogP contribution in [-0.4, -0.2) is 29.9 Å². The van der Waals surface area contributed by atoms with Crippen molar-refractivity contribution in [3.63, 3.8) is 0 Å². The molecule has 154 valence electrons. The molecule has 0 amide bonds. The van der Waals surface area contributed by atoms with Crippen LogP contribution in [0.15, 0.2) is 11.6 Å². The minimum atomic E-state index is -0.245. The molecule has 0 aromatic rings. The molecule has 7 atom stereocenters. The largest absolute Gasteiger partial charge is 0.462 e. The van der Waals surface area contributed by atoms with Crippen LogP contribution in [0.3, 0.4) is 0 Å². The Hall–Kier alpha value is -1.65. The molecule has 3 saturated carbocycles. The molecule has 5 heteroatoms. The highest BCUT2D eigenvalue weighted by atomic mass is 16.5. The van der Waals surface area contributed by atoms with Gasteiger partial charge in [0.2, 0.25) is 0 Å². The van der Waals surface area contributed by atoms with Gasteiger partial charge in [0.1, 0.15) is 12.2 Å². The summed E-state index contributed by atoms with van der Waals surface area (Å²) < 4.78 is 11.1. The van der Waals surface area contributed by atoms with E-state index in [1.807, 2.05) is 6.08 Å². The van der Waals surface area contributed by atoms with Gasteiger partial charge in [0.25, 0.3) is 0 Å². The molecule has 5 nitrogen and oxygen atoms in total. The van der Waals surface area contributed by atoms with E-state index < -0.39 is 0 Å². The lowest BCUT2D eigenvalue weighted by Gasteiger charge is -2.56. The molecule has 0 aromatic carbocycles. The molecule has 3 fully saturated rings. The monoisotopic (exact) mass is 388 g/mol. The van der Waals surface area contributed by atoms with Crippen molar-refractivity contribution in [3.05, 3.63) is 11.6 Å². The van der Waals surface area contributed by atoms with E-state index in [0.29, 0.717) is 12.3 Å². The highest BCUT2D eigenvalue weighted by Crippen LogP contribution is 2.64. The Kier molecular flexibility index (Phi) is 4.71. The lowest BCUT2D eigenvalue weighted by atomic mass is 9.47. The van der Waals surface area contributed by atoms with Crippen LogP contribution in [0.4, 0.5) is 0 Å². The van der Waals surface area contributed by atoms with Gasteiger partial charge in [-0.1, -0.05) is 19.4 Å². The summed E-state index contributed by atoms with van der Waals surface area (Å²) in [6, 6.07) is 0. The number of ketones is 1. The maximum absolute atomic E-state index is 13.3. The molecule has 0 heterocycles. The normalized spacial score (nSPS) is 44.6. The molecule has 4 rings (SSSR count). The quantitative estimate of drug-likeness (QED) is 0.669. The molecule has 0 saturated heterocycles. The predicted octanol–water partition coefficient (Wildman–Crippen LogP) is 3.99. The van der Waals surface area contributed by atoms with Crippen LogP contribution in [0.2, 0.25) is 0 Å². The van der Waals surface area contributed by atoms with Crippen molar-refractivity contribution >= 4 is 17.7 Å². The van der Waals surface area contributed by atoms with Crippen LogP contribution in [0.25, 0.3) is 0 Å². The summed E-state index contributed by atoms with van der Waals surface area (Å²) in [5.74, 6) is 0.419. The molecule has 4 aliphatic carbocycles. The van der Waals surface area contributed by atoms with E-state index >= 15 is 0 Å². The molecule has 2 unspecified atom stereocenters. The molecular weight excluding hydrogens is 356 g/mol. The highest BCUT2D eigenvalue weighted by molar-refractivity contribution is 5.94. The minimum absolute atomic E-state index is 0.01000. The fourth-order valence-electron chi connectivity index (χ4n) is 7.05. The zero-order chi connectivity index (χ0) is 20.3.